The fourth-order valence-electron chi connectivity index (χ4n) is 3.32. The quantitative estimate of drug-likeness (QED) is 0.687. The topological polar surface area (TPSA) is 65.5 Å². The Labute approximate surface area is 173 Å². The van der Waals surface area contributed by atoms with Crippen molar-refractivity contribution in [3.8, 4) is 11.3 Å². The molecule has 0 atom stereocenters. The number of urea groups is 1. The molecule has 0 radical (unpaired) electrons. The highest BCUT2D eigenvalue weighted by Gasteiger charge is 2.30. The van der Waals surface area contributed by atoms with Crippen LogP contribution in [0.25, 0.3) is 11.3 Å². The van der Waals surface area contributed by atoms with Gasteiger partial charge in [0.2, 0.25) is 5.91 Å². The second-order valence-electron chi connectivity index (χ2n) is 7.07. The second kappa shape index (κ2) is 8.05. The van der Waals surface area contributed by atoms with E-state index in [2.05, 4.69) is 10.3 Å². The van der Waals surface area contributed by atoms with Crippen molar-refractivity contribution in [1.82, 2.24) is 9.88 Å². The molecule has 1 saturated heterocycles. The number of thiazole rings is 1. The van der Waals surface area contributed by atoms with E-state index in [4.69, 9.17) is 0 Å². The van der Waals surface area contributed by atoms with Crippen LogP contribution in [0.1, 0.15) is 10.6 Å². The minimum atomic E-state index is -0.212. The molecule has 0 unspecified atom stereocenters. The Bertz CT molecular complexity index is 1040. The van der Waals surface area contributed by atoms with Gasteiger partial charge in [-0.1, -0.05) is 29.8 Å². The molecule has 148 valence electrons. The lowest BCUT2D eigenvalue weighted by atomic mass is 10.1. The molecule has 2 heterocycles. The lowest BCUT2D eigenvalue weighted by Gasteiger charge is -2.18. The lowest BCUT2D eigenvalue weighted by molar-refractivity contribution is -0.116. The van der Waals surface area contributed by atoms with Crippen LogP contribution < -0.4 is 10.2 Å². The number of nitrogens with one attached hydrogen (secondary N) is 1. The van der Waals surface area contributed by atoms with E-state index in [9.17, 15) is 9.59 Å². The molecule has 29 heavy (non-hydrogen) atoms. The molecule has 1 N–H and O–H groups in total. The largest absolute Gasteiger partial charge is 0.325 e. The van der Waals surface area contributed by atoms with E-state index in [1.54, 1.807) is 21.1 Å². The van der Waals surface area contributed by atoms with Crippen molar-refractivity contribution in [3.05, 3.63) is 64.5 Å². The first-order valence-electron chi connectivity index (χ1n) is 9.45. The predicted octanol–water partition coefficient (Wildman–Crippen LogP) is 4.31. The molecule has 1 aliphatic rings. The third kappa shape index (κ3) is 4.30. The SMILES string of the molecule is Cc1ccc(N2CCN(CC(=O)Nc3cccc(-c4csc(C)n4)c3)C2=O)cc1. The number of rotatable bonds is 5. The van der Waals surface area contributed by atoms with Crippen molar-refractivity contribution in [2.24, 2.45) is 0 Å². The van der Waals surface area contributed by atoms with Gasteiger partial charge in [-0.15, -0.1) is 11.3 Å². The van der Waals surface area contributed by atoms with Crippen LogP contribution >= 0.6 is 11.3 Å². The van der Waals surface area contributed by atoms with Crippen LogP contribution in [-0.2, 0) is 4.79 Å². The maximum Gasteiger partial charge on any atom is 0.325 e. The van der Waals surface area contributed by atoms with Crippen LogP contribution in [0.15, 0.2) is 53.9 Å². The number of benzene rings is 2. The molecule has 0 bridgehead atoms. The van der Waals surface area contributed by atoms with Gasteiger partial charge < -0.3 is 10.2 Å². The van der Waals surface area contributed by atoms with Crippen LogP contribution in [0.3, 0.4) is 0 Å². The first-order valence-corrected chi connectivity index (χ1v) is 10.3. The van der Waals surface area contributed by atoms with E-state index < -0.39 is 0 Å². The fourth-order valence-corrected chi connectivity index (χ4v) is 3.94. The second-order valence-corrected chi connectivity index (χ2v) is 8.13. The van der Waals surface area contributed by atoms with Gasteiger partial charge >= 0.3 is 6.03 Å². The van der Waals surface area contributed by atoms with Gasteiger partial charge in [0, 0.05) is 35.4 Å². The van der Waals surface area contributed by atoms with E-state index in [-0.39, 0.29) is 18.5 Å². The Morgan fingerprint density at radius 3 is 2.66 bits per heavy atom. The normalized spacial score (nSPS) is 13.8. The summed E-state index contributed by atoms with van der Waals surface area (Å²) in [4.78, 5) is 33.0. The van der Waals surface area contributed by atoms with Crippen molar-refractivity contribution in [3.63, 3.8) is 0 Å². The molecule has 6 nitrogen and oxygen atoms in total. The van der Waals surface area contributed by atoms with Gasteiger partial charge in [0.1, 0.15) is 6.54 Å². The van der Waals surface area contributed by atoms with Gasteiger partial charge in [-0.25, -0.2) is 9.78 Å². The van der Waals surface area contributed by atoms with Crippen LogP contribution in [0.4, 0.5) is 16.2 Å². The molecule has 2 aromatic carbocycles. The van der Waals surface area contributed by atoms with Gasteiger partial charge in [-0.2, -0.15) is 0 Å². The van der Waals surface area contributed by atoms with Crippen LogP contribution in [-0.4, -0.2) is 41.5 Å². The Hall–Kier alpha value is -3.19. The third-order valence-corrected chi connectivity index (χ3v) is 5.61. The maximum atomic E-state index is 12.7. The van der Waals surface area contributed by atoms with E-state index in [0.717, 1.165) is 27.5 Å². The summed E-state index contributed by atoms with van der Waals surface area (Å²) >= 11 is 1.59. The van der Waals surface area contributed by atoms with Crippen molar-refractivity contribution >= 4 is 34.6 Å². The molecule has 0 spiro atoms. The number of carbonyl (C=O) groups is 2. The number of anilines is 2. The highest BCUT2D eigenvalue weighted by atomic mass is 32.1. The molecule has 7 heteroatoms. The Kier molecular flexibility index (Phi) is 5.31. The summed E-state index contributed by atoms with van der Waals surface area (Å²) in [6, 6.07) is 15.3. The summed E-state index contributed by atoms with van der Waals surface area (Å²) in [6.07, 6.45) is 0. The standard InChI is InChI=1S/C22H22N4O2S/c1-15-6-8-19(9-7-15)26-11-10-25(22(26)28)13-21(27)24-18-5-3-4-17(12-18)20-14-29-16(2)23-20/h3-9,12,14H,10-11,13H2,1-2H3,(H,24,27). The van der Waals surface area contributed by atoms with Crippen molar-refractivity contribution in [2.75, 3.05) is 29.9 Å². The van der Waals surface area contributed by atoms with Gasteiger partial charge in [0.15, 0.2) is 0 Å². The van der Waals surface area contributed by atoms with Gasteiger partial charge in [-0.05, 0) is 38.1 Å². The summed E-state index contributed by atoms with van der Waals surface area (Å²) in [5.74, 6) is -0.212. The third-order valence-electron chi connectivity index (χ3n) is 4.84. The number of aromatic nitrogens is 1. The number of amides is 3. The van der Waals surface area contributed by atoms with Crippen molar-refractivity contribution in [1.29, 1.82) is 0 Å². The molecule has 0 aliphatic carbocycles. The summed E-state index contributed by atoms with van der Waals surface area (Å²) in [6.45, 7) is 5.11. The summed E-state index contributed by atoms with van der Waals surface area (Å²) in [5, 5.41) is 5.89. The minimum Gasteiger partial charge on any atom is -0.325 e. The molecule has 1 aliphatic heterocycles. The van der Waals surface area contributed by atoms with Crippen LogP contribution in [0.2, 0.25) is 0 Å². The number of hydrogen-bond acceptors (Lipinski definition) is 4. The molecule has 0 saturated carbocycles. The first-order chi connectivity index (χ1) is 14.0. The minimum absolute atomic E-state index is 0.0290. The Balaban J connectivity index is 1.39. The van der Waals surface area contributed by atoms with Crippen molar-refractivity contribution < 1.29 is 9.59 Å². The fraction of sp³-hybridized carbons (Fsp3) is 0.227. The maximum absolute atomic E-state index is 12.7. The van der Waals surface area contributed by atoms with E-state index in [1.165, 1.54) is 0 Å². The monoisotopic (exact) mass is 406 g/mol. The molecular formula is C22H22N4O2S. The first kappa shape index (κ1) is 19.1. The molecule has 3 aromatic rings. The highest BCUT2D eigenvalue weighted by Crippen LogP contribution is 2.24. The number of hydrogen-bond donors (Lipinski definition) is 1. The highest BCUT2D eigenvalue weighted by molar-refractivity contribution is 7.09. The van der Waals surface area contributed by atoms with Gasteiger partial charge in [-0.3, -0.25) is 9.69 Å². The molecule has 1 fully saturated rings. The van der Waals surface area contributed by atoms with Gasteiger partial charge in [0.25, 0.3) is 0 Å². The number of nitrogens with zero attached hydrogens (tertiary/aromatic N) is 3. The molecule has 3 amide bonds. The van der Waals surface area contributed by atoms with Gasteiger partial charge in [0.05, 0.1) is 10.7 Å². The Morgan fingerprint density at radius 1 is 1.14 bits per heavy atom. The average Bonchev–Trinajstić information content (AvgIpc) is 3.29. The zero-order valence-electron chi connectivity index (χ0n) is 16.4. The average molecular weight is 407 g/mol. The smallest absolute Gasteiger partial charge is 0.325 e. The number of carbonyl (C=O) groups excluding carboxylic acids is 2. The van der Waals surface area contributed by atoms with Crippen LogP contribution in [0, 0.1) is 13.8 Å². The van der Waals surface area contributed by atoms with Crippen LogP contribution in [0.5, 0.6) is 0 Å². The molecule has 1 aromatic heterocycles. The van der Waals surface area contributed by atoms with E-state index in [0.29, 0.717) is 18.8 Å². The zero-order valence-corrected chi connectivity index (χ0v) is 17.2. The Morgan fingerprint density at radius 2 is 1.93 bits per heavy atom. The summed E-state index contributed by atoms with van der Waals surface area (Å²) in [7, 11) is 0. The molecular weight excluding hydrogens is 384 g/mol. The number of aryl methyl sites for hydroxylation is 2. The van der Waals surface area contributed by atoms with Crippen molar-refractivity contribution in [2.45, 2.75) is 13.8 Å². The lowest BCUT2D eigenvalue weighted by Crippen LogP contribution is -2.37. The van der Waals surface area contributed by atoms with E-state index >= 15 is 0 Å². The predicted molar refractivity (Wildman–Crippen MR) is 116 cm³/mol. The molecule has 4 rings (SSSR count). The van der Waals surface area contributed by atoms with E-state index in [1.807, 2.05) is 67.8 Å². The summed E-state index contributed by atoms with van der Waals surface area (Å²) < 4.78 is 0. The summed E-state index contributed by atoms with van der Waals surface area (Å²) in [5.41, 5.74) is 4.55. The zero-order chi connectivity index (χ0) is 20.4.